The van der Waals surface area contributed by atoms with Crippen LogP contribution in [-0.2, 0) is 5.11 Å². The van der Waals surface area contributed by atoms with Crippen LogP contribution in [0, 0.1) is 0 Å². The van der Waals surface area contributed by atoms with Crippen LogP contribution >= 0.6 is 0 Å². The van der Waals surface area contributed by atoms with Crippen molar-refractivity contribution in [3.63, 3.8) is 0 Å². The Labute approximate surface area is 72.0 Å². The van der Waals surface area contributed by atoms with E-state index in [9.17, 15) is 5.11 Å². The molecule has 0 aliphatic heterocycles. The van der Waals surface area contributed by atoms with E-state index in [1.54, 1.807) is 7.11 Å². The number of nitrogens with one attached hydrogen (secondary N) is 1. The van der Waals surface area contributed by atoms with Gasteiger partial charge in [0.25, 0.3) is 0 Å². The molecular weight excluding hydrogens is 154 g/mol. The molecule has 0 amide bonds. The van der Waals surface area contributed by atoms with Gasteiger partial charge in [-0.3, -0.25) is 0 Å². The first kappa shape index (κ1) is 8.87. The molecule has 1 radical (unpaired) electrons. The standard InChI is InChI=1S/C9H12NO2/c1-12-9-5-3-2-4-8(9)10-6-7-11/h2-5,10H,6-7H2,1H3. The SMILES string of the molecule is COc1ccccc1NCC[O]. The summed E-state index contributed by atoms with van der Waals surface area (Å²) in [6.45, 7) is 0.304. The summed E-state index contributed by atoms with van der Waals surface area (Å²) in [5.41, 5.74) is 0.871. The molecule has 1 rings (SSSR count). The molecule has 0 aromatic heterocycles. The molecule has 1 aromatic carbocycles. The second kappa shape index (κ2) is 4.62. The van der Waals surface area contributed by atoms with Gasteiger partial charge in [-0.25, -0.2) is 5.11 Å². The Hall–Kier alpha value is -1.22. The van der Waals surface area contributed by atoms with Crippen molar-refractivity contribution >= 4 is 5.69 Å². The highest BCUT2D eigenvalue weighted by Gasteiger charge is 1.98. The van der Waals surface area contributed by atoms with E-state index in [1.807, 2.05) is 24.3 Å². The van der Waals surface area contributed by atoms with E-state index in [1.165, 1.54) is 0 Å². The molecule has 0 atom stereocenters. The Morgan fingerprint density at radius 2 is 2.17 bits per heavy atom. The molecule has 0 unspecified atom stereocenters. The number of rotatable bonds is 4. The molecule has 0 bridgehead atoms. The summed E-state index contributed by atoms with van der Waals surface area (Å²) in [4.78, 5) is 0. The minimum Gasteiger partial charge on any atom is -0.495 e. The van der Waals surface area contributed by atoms with E-state index in [2.05, 4.69) is 5.32 Å². The quantitative estimate of drug-likeness (QED) is 0.737. The normalized spacial score (nSPS) is 9.50. The average molecular weight is 166 g/mol. The third-order valence-corrected chi connectivity index (χ3v) is 1.52. The van der Waals surface area contributed by atoms with Crippen molar-refractivity contribution in [1.82, 2.24) is 0 Å². The summed E-state index contributed by atoms with van der Waals surface area (Å²) in [6.07, 6.45) is 0. The number of hydrogen-bond donors (Lipinski definition) is 1. The summed E-state index contributed by atoms with van der Waals surface area (Å²) in [5, 5.41) is 13.2. The van der Waals surface area contributed by atoms with E-state index in [-0.39, 0.29) is 6.61 Å². The summed E-state index contributed by atoms with van der Waals surface area (Å²) < 4.78 is 5.08. The van der Waals surface area contributed by atoms with Crippen LogP contribution in [0.25, 0.3) is 0 Å². The monoisotopic (exact) mass is 166 g/mol. The molecule has 65 valence electrons. The van der Waals surface area contributed by atoms with Crippen LogP contribution in [0.1, 0.15) is 0 Å². The van der Waals surface area contributed by atoms with Gasteiger partial charge in [-0.05, 0) is 12.1 Å². The maximum Gasteiger partial charge on any atom is 0.141 e. The molecule has 0 aliphatic carbocycles. The second-order valence-electron chi connectivity index (χ2n) is 2.33. The summed E-state index contributed by atoms with van der Waals surface area (Å²) in [5.74, 6) is 0.769. The van der Waals surface area contributed by atoms with Crippen LogP contribution in [0.3, 0.4) is 0 Å². The zero-order valence-corrected chi connectivity index (χ0v) is 7.04. The van der Waals surface area contributed by atoms with E-state index >= 15 is 0 Å². The Bertz CT molecular complexity index is 238. The van der Waals surface area contributed by atoms with E-state index in [4.69, 9.17) is 4.74 Å². The van der Waals surface area contributed by atoms with Crippen molar-refractivity contribution in [2.24, 2.45) is 0 Å². The lowest BCUT2D eigenvalue weighted by molar-refractivity contribution is 0.206. The van der Waals surface area contributed by atoms with Gasteiger partial charge < -0.3 is 10.1 Å². The lowest BCUT2D eigenvalue weighted by Gasteiger charge is -2.08. The minimum absolute atomic E-state index is 0.127. The fraction of sp³-hybridized carbons (Fsp3) is 0.333. The maximum atomic E-state index is 10.2. The number of hydrogen-bond acceptors (Lipinski definition) is 2. The van der Waals surface area contributed by atoms with Gasteiger partial charge in [0.1, 0.15) is 5.75 Å². The number of para-hydroxylation sites is 2. The third kappa shape index (κ3) is 2.13. The molecule has 3 nitrogen and oxygen atoms in total. The third-order valence-electron chi connectivity index (χ3n) is 1.52. The van der Waals surface area contributed by atoms with Gasteiger partial charge in [-0.2, -0.15) is 0 Å². The predicted octanol–water partition coefficient (Wildman–Crippen LogP) is 1.54. The van der Waals surface area contributed by atoms with Crippen LogP contribution in [0.4, 0.5) is 5.69 Å². The van der Waals surface area contributed by atoms with Crippen molar-refractivity contribution in [2.45, 2.75) is 0 Å². The van der Waals surface area contributed by atoms with Crippen LogP contribution in [-0.4, -0.2) is 20.3 Å². The Morgan fingerprint density at radius 1 is 1.42 bits per heavy atom. The highest BCUT2D eigenvalue weighted by Crippen LogP contribution is 2.22. The summed E-state index contributed by atoms with van der Waals surface area (Å²) in [6, 6.07) is 7.53. The van der Waals surface area contributed by atoms with Gasteiger partial charge >= 0.3 is 0 Å². The molecule has 0 spiro atoms. The zero-order chi connectivity index (χ0) is 8.81. The fourth-order valence-corrected chi connectivity index (χ4v) is 0.976. The largest absolute Gasteiger partial charge is 0.495 e. The van der Waals surface area contributed by atoms with Crippen molar-refractivity contribution in [2.75, 3.05) is 25.6 Å². The van der Waals surface area contributed by atoms with Gasteiger partial charge in [-0.15, -0.1) is 0 Å². The van der Waals surface area contributed by atoms with Crippen molar-refractivity contribution in [3.8, 4) is 5.75 Å². The van der Waals surface area contributed by atoms with Crippen LogP contribution in [0.5, 0.6) is 5.75 Å². The predicted molar refractivity (Wildman–Crippen MR) is 47.0 cm³/mol. The first-order chi connectivity index (χ1) is 5.88. The van der Waals surface area contributed by atoms with Crippen LogP contribution < -0.4 is 10.1 Å². The van der Waals surface area contributed by atoms with E-state index in [0.29, 0.717) is 6.54 Å². The van der Waals surface area contributed by atoms with Crippen LogP contribution in [0.2, 0.25) is 0 Å². The van der Waals surface area contributed by atoms with Crippen molar-refractivity contribution in [3.05, 3.63) is 24.3 Å². The minimum atomic E-state index is -0.127. The molecule has 3 heteroatoms. The second-order valence-corrected chi connectivity index (χ2v) is 2.33. The number of methoxy groups -OCH3 is 1. The molecule has 0 aliphatic rings. The Balaban J connectivity index is 2.68. The van der Waals surface area contributed by atoms with Gasteiger partial charge in [-0.1, -0.05) is 12.1 Å². The number of benzene rings is 1. The molecule has 12 heavy (non-hydrogen) atoms. The van der Waals surface area contributed by atoms with Gasteiger partial charge in [0.2, 0.25) is 0 Å². The maximum absolute atomic E-state index is 10.2. The smallest absolute Gasteiger partial charge is 0.141 e. The van der Waals surface area contributed by atoms with E-state index in [0.717, 1.165) is 11.4 Å². The molecule has 0 saturated heterocycles. The molecule has 1 aromatic rings. The lowest BCUT2D eigenvalue weighted by atomic mass is 10.3. The lowest BCUT2D eigenvalue weighted by Crippen LogP contribution is -2.05. The van der Waals surface area contributed by atoms with Crippen LogP contribution in [0.15, 0.2) is 24.3 Å². The van der Waals surface area contributed by atoms with Gasteiger partial charge in [0, 0.05) is 6.54 Å². The summed E-state index contributed by atoms with van der Waals surface area (Å²) >= 11 is 0. The molecule has 0 fully saturated rings. The number of ether oxygens (including phenoxy) is 1. The molecular formula is C9H12NO2. The van der Waals surface area contributed by atoms with E-state index < -0.39 is 0 Å². The topological polar surface area (TPSA) is 41.2 Å². The highest BCUT2D eigenvalue weighted by molar-refractivity contribution is 5.55. The number of anilines is 1. The first-order valence-electron chi connectivity index (χ1n) is 3.83. The molecule has 0 saturated carbocycles. The zero-order valence-electron chi connectivity index (χ0n) is 7.04. The molecule has 1 N–H and O–H groups in total. The van der Waals surface area contributed by atoms with Gasteiger partial charge in [0.05, 0.1) is 19.4 Å². The summed E-state index contributed by atoms with van der Waals surface area (Å²) in [7, 11) is 1.61. The molecule has 0 heterocycles. The van der Waals surface area contributed by atoms with Crippen molar-refractivity contribution in [1.29, 1.82) is 0 Å². The highest BCUT2D eigenvalue weighted by atomic mass is 16.5. The fourth-order valence-electron chi connectivity index (χ4n) is 0.976. The Morgan fingerprint density at radius 3 is 2.83 bits per heavy atom. The average Bonchev–Trinajstić information content (AvgIpc) is 2.15. The van der Waals surface area contributed by atoms with Gasteiger partial charge in [0.15, 0.2) is 0 Å². The first-order valence-corrected chi connectivity index (χ1v) is 3.83. The van der Waals surface area contributed by atoms with Crippen molar-refractivity contribution < 1.29 is 9.84 Å². The Kier molecular flexibility index (Phi) is 3.41.